The molecule has 1 aromatic carbocycles. The molecule has 2 unspecified atom stereocenters. The first-order valence-corrected chi connectivity index (χ1v) is 7.87. The lowest BCUT2D eigenvalue weighted by atomic mass is 9.95. The van der Waals surface area contributed by atoms with Gasteiger partial charge in [-0.2, -0.15) is 0 Å². The molecule has 0 radical (unpaired) electrons. The van der Waals surface area contributed by atoms with Crippen molar-refractivity contribution < 1.29 is 4.74 Å². The predicted octanol–water partition coefficient (Wildman–Crippen LogP) is 4.12. The molecular weight excluding hydrogens is 254 g/mol. The van der Waals surface area contributed by atoms with Gasteiger partial charge < -0.3 is 10.1 Å². The molecule has 0 saturated carbocycles. The normalized spacial score (nSPS) is 28.4. The molecule has 3 heteroatoms. The van der Waals surface area contributed by atoms with Gasteiger partial charge in [0, 0.05) is 28.3 Å². The Hall–Kier alpha value is -0.900. The van der Waals surface area contributed by atoms with Gasteiger partial charge in [0.05, 0.1) is 0 Å². The third-order valence-corrected chi connectivity index (χ3v) is 5.44. The minimum absolute atomic E-state index is 0.200. The minimum Gasteiger partial charge on any atom is -0.371 e. The second-order valence-electron chi connectivity index (χ2n) is 5.59. The van der Waals surface area contributed by atoms with E-state index in [1.165, 1.54) is 15.0 Å². The molecule has 3 rings (SSSR count). The van der Waals surface area contributed by atoms with Gasteiger partial charge in [0.25, 0.3) is 0 Å². The fourth-order valence-corrected chi connectivity index (χ4v) is 3.67. The van der Waals surface area contributed by atoms with Crippen molar-refractivity contribution in [3.8, 4) is 0 Å². The average Bonchev–Trinajstić information content (AvgIpc) is 2.76. The van der Waals surface area contributed by atoms with Crippen LogP contribution in [0.4, 0.5) is 0 Å². The van der Waals surface area contributed by atoms with E-state index in [9.17, 15) is 0 Å². The quantitative estimate of drug-likeness (QED) is 0.890. The van der Waals surface area contributed by atoms with Gasteiger partial charge in [-0.05, 0) is 37.3 Å². The number of benzene rings is 1. The van der Waals surface area contributed by atoms with Gasteiger partial charge in [0.15, 0.2) is 0 Å². The first-order chi connectivity index (χ1) is 9.20. The fourth-order valence-electron chi connectivity index (χ4n) is 2.56. The molecule has 19 heavy (non-hydrogen) atoms. The molecule has 1 N–H and O–H groups in total. The lowest BCUT2D eigenvalue weighted by Crippen LogP contribution is -2.42. The summed E-state index contributed by atoms with van der Waals surface area (Å²) in [6.07, 6.45) is 2.44. The average molecular weight is 275 g/mol. The van der Waals surface area contributed by atoms with Crippen LogP contribution >= 0.6 is 11.3 Å². The molecular formula is C16H21NOS. The number of hydrogen-bond acceptors (Lipinski definition) is 3. The number of thiophene rings is 1. The van der Waals surface area contributed by atoms with Crippen LogP contribution in [0.15, 0.2) is 30.3 Å². The molecule has 2 atom stereocenters. The Kier molecular flexibility index (Phi) is 3.61. The van der Waals surface area contributed by atoms with Crippen molar-refractivity contribution in [3.05, 3.63) is 35.2 Å². The number of fused-ring (bicyclic) bond motifs is 1. The Bertz CT molecular complexity index is 532. The summed E-state index contributed by atoms with van der Waals surface area (Å²) in [6, 6.07) is 10.8. The van der Waals surface area contributed by atoms with E-state index in [0.29, 0.717) is 0 Å². The van der Waals surface area contributed by atoms with E-state index in [2.05, 4.69) is 49.5 Å². The summed E-state index contributed by atoms with van der Waals surface area (Å²) in [4.78, 5) is 1.34. The predicted molar refractivity (Wildman–Crippen MR) is 81.8 cm³/mol. The molecule has 1 aromatic heterocycles. The molecule has 1 aliphatic rings. The fraction of sp³-hybridized carbons (Fsp3) is 0.500. The van der Waals surface area contributed by atoms with E-state index in [4.69, 9.17) is 4.74 Å². The van der Waals surface area contributed by atoms with E-state index in [1.54, 1.807) is 0 Å². The second-order valence-corrected chi connectivity index (χ2v) is 6.71. The van der Waals surface area contributed by atoms with E-state index in [0.717, 1.165) is 26.0 Å². The molecule has 2 heterocycles. The zero-order chi connectivity index (χ0) is 13.3. The van der Waals surface area contributed by atoms with Gasteiger partial charge in [-0.25, -0.2) is 0 Å². The molecule has 102 valence electrons. The van der Waals surface area contributed by atoms with E-state index < -0.39 is 0 Å². The van der Waals surface area contributed by atoms with Crippen LogP contribution in [0.25, 0.3) is 10.1 Å². The summed E-state index contributed by atoms with van der Waals surface area (Å²) < 4.78 is 7.41. The summed E-state index contributed by atoms with van der Waals surface area (Å²) in [5.41, 5.74) is 0.228. The highest BCUT2D eigenvalue weighted by molar-refractivity contribution is 7.19. The monoisotopic (exact) mass is 275 g/mol. The first-order valence-electron chi connectivity index (χ1n) is 7.05. The summed E-state index contributed by atoms with van der Waals surface area (Å²) in [5.74, 6) is 0. The van der Waals surface area contributed by atoms with Crippen molar-refractivity contribution in [2.45, 2.75) is 38.3 Å². The Morgan fingerprint density at radius 2 is 2.26 bits per heavy atom. The Labute approximate surface area is 118 Å². The summed E-state index contributed by atoms with van der Waals surface area (Å²) in [5, 5.41) is 5.01. The van der Waals surface area contributed by atoms with Crippen molar-refractivity contribution >= 4 is 21.4 Å². The first kappa shape index (κ1) is 13.1. The number of nitrogens with one attached hydrogen (secondary N) is 1. The number of hydrogen-bond donors (Lipinski definition) is 1. The van der Waals surface area contributed by atoms with Gasteiger partial charge in [-0.1, -0.05) is 25.1 Å². The maximum atomic E-state index is 6.06. The van der Waals surface area contributed by atoms with Crippen LogP contribution in [0, 0.1) is 0 Å². The van der Waals surface area contributed by atoms with Crippen molar-refractivity contribution in [2.24, 2.45) is 0 Å². The molecule has 0 amide bonds. The maximum Gasteiger partial charge on any atom is 0.104 e. The highest BCUT2D eigenvalue weighted by atomic mass is 32.1. The van der Waals surface area contributed by atoms with Crippen LogP contribution in [-0.2, 0) is 4.74 Å². The maximum absolute atomic E-state index is 6.06. The number of ether oxygens (including phenoxy) is 1. The summed E-state index contributed by atoms with van der Waals surface area (Å²) in [6.45, 7) is 6.30. The molecule has 2 nitrogen and oxygen atoms in total. The molecule has 0 spiro atoms. The highest BCUT2D eigenvalue weighted by Crippen LogP contribution is 2.33. The van der Waals surface area contributed by atoms with Crippen molar-refractivity contribution in [1.82, 2.24) is 5.32 Å². The third kappa shape index (κ3) is 2.69. The zero-order valence-corrected chi connectivity index (χ0v) is 12.4. The molecule has 1 aliphatic heterocycles. The Balaban J connectivity index is 1.82. The van der Waals surface area contributed by atoms with E-state index >= 15 is 0 Å². The van der Waals surface area contributed by atoms with Crippen LogP contribution in [0.5, 0.6) is 0 Å². The molecule has 0 aliphatic carbocycles. The van der Waals surface area contributed by atoms with Gasteiger partial charge in [0.1, 0.15) is 6.10 Å². The topological polar surface area (TPSA) is 21.3 Å². The third-order valence-electron chi connectivity index (χ3n) is 4.23. The second kappa shape index (κ2) is 5.23. The smallest absolute Gasteiger partial charge is 0.104 e. The summed E-state index contributed by atoms with van der Waals surface area (Å²) >= 11 is 1.86. The lowest BCUT2D eigenvalue weighted by molar-refractivity contribution is 0.0677. The van der Waals surface area contributed by atoms with Crippen LogP contribution in [-0.4, -0.2) is 18.7 Å². The Morgan fingerprint density at radius 1 is 1.42 bits per heavy atom. The van der Waals surface area contributed by atoms with Crippen molar-refractivity contribution in [3.63, 3.8) is 0 Å². The Morgan fingerprint density at radius 3 is 3.05 bits per heavy atom. The molecule has 2 aromatic rings. The van der Waals surface area contributed by atoms with Crippen molar-refractivity contribution in [1.29, 1.82) is 0 Å². The van der Waals surface area contributed by atoms with Crippen LogP contribution < -0.4 is 5.32 Å². The van der Waals surface area contributed by atoms with Gasteiger partial charge in [-0.15, -0.1) is 11.3 Å². The van der Waals surface area contributed by atoms with Crippen LogP contribution in [0.2, 0.25) is 0 Å². The molecule has 1 fully saturated rings. The molecule has 0 bridgehead atoms. The zero-order valence-electron chi connectivity index (χ0n) is 11.6. The van der Waals surface area contributed by atoms with E-state index in [-0.39, 0.29) is 11.6 Å². The molecule has 1 saturated heterocycles. The van der Waals surface area contributed by atoms with Gasteiger partial charge in [-0.3, -0.25) is 0 Å². The van der Waals surface area contributed by atoms with E-state index in [1.807, 2.05) is 11.3 Å². The standard InChI is InChI=1S/C16H21NOS/c1-3-16(2)8-9-18-13(11-17-16)15-10-12-6-4-5-7-14(12)19-15/h4-7,10,13,17H,3,8-9,11H2,1-2H3. The van der Waals surface area contributed by atoms with Crippen molar-refractivity contribution in [2.75, 3.05) is 13.2 Å². The summed E-state index contributed by atoms with van der Waals surface area (Å²) in [7, 11) is 0. The largest absolute Gasteiger partial charge is 0.371 e. The highest BCUT2D eigenvalue weighted by Gasteiger charge is 2.28. The van der Waals surface area contributed by atoms with Gasteiger partial charge in [0.2, 0.25) is 0 Å². The number of rotatable bonds is 2. The minimum atomic E-state index is 0.200. The lowest BCUT2D eigenvalue weighted by Gasteiger charge is -2.27. The van der Waals surface area contributed by atoms with Gasteiger partial charge >= 0.3 is 0 Å². The van der Waals surface area contributed by atoms with Crippen LogP contribution in [0.3, 0.4) is 0 Å². The van der Waals surface area contributed by atoms with Crippen LogP contribution in [0.1, 0.15) is 37.7 Å². The SMILES string of the molecule is CCC1(C)CCOC(c2cc3ccccc3s2)CN1.